The van der Waals surface area contributed by atoms with Crippen LogP contribution in [0, 0.1) is 0 Å². The molecule has 3 unspecified atom stereocenters. The molecule has 474 valence electrons. The number of ether oxygens (including phenoxy) is 1. The Bertz CT molecular complexity index is 1570. The van der Waals surface area contributed by atoms with Gasteiger partial charge in [0.2, 0.25) is 5.91 Å². The third kappa shape index (κ3) is 62.1. The van der Waals surface area contributed by atoms with E-state index in [2.05, 4.69) is 74.7 Å². The summed E-state index contributed by atoms with van der Waals surface area (Å²) in [7, 11) is 1.18. The summed E-state index contributed by atoms with van der Waals surface area (Å²) in [5.41, 5.74) is 0. The molecule has 0 aromatic rings. The first-order valence-electron chi connectivity index (χ1n) is 34.6. The van der Waals surface area contributed by atoms with Gasteiger partial charge in [0.15, 0.2) is 0 Å². The molecule has 0 fully saturated rings. The van der Waals surface area contributed by atoms with Crippen LogP contribution in [0.3, 0.4) is 0 Å². The third-order valence-corrected chi connectivity index (χ3v) is 16.4. The Labute approximate surface area is 502 Å². The topological polar surface area (TPSA) is 114 Å². The van der Waals surface area contributed by atoms with Crippen molar-refractivity contribution < 1.29 is 37.3 Å². The quantitative estimate of drug-likeness (QED) is 0.0212. The van der Waals surface area contributed by atoms with Crippen LogP contribution >= 0.6 is 7.82 Å². The van der Waals surface area contributed by atoms with Crippen molar-refractivity contribution in [2.24, 2.45) is 0 Å². The van der Waals surface area contributed by atoms with Crippen molar-refractivity contribution in [2.45, 2.75) is 341 Å². The van der Waals surface area contributed by atoms with Crippen LogP contribution in [0.5, 0.6) is 0 Å². The minimum atomic E-state index is -4.71. The van der Waals surface area contributed by atoms with Crippen molar-refractivity contribution >= 4 is 19.7 Å². The molecule has 0 aliphatic carbocycles. The average Bonchev–Trinajstić information content (AvgIpc) is 3.43. The van der Waals surface area contributed by atoms with Crippen LogP contribution in [0.25, 0.3) is 0 Å². The van der Waals surface area contributed by atoms with Crippen LogP contribution in [-0.2, 0) is 27.9 Å². The minimum absolute atomic E-state index is 0.0253. The van der Waals surface area contributed by atoms with Gasteiger partial charge < -0.3 is 28.5 Å². The molecule has 0 radical (unpaired) electrons. The minimum Gasteiger partial charge on any atom is -0.756 e. The smallest absolute Gasteiger partial charge is 0.306 e. The van der Waals surface area contributed by atoms with E-state index < -0.39 is 26.6 Å². The molecule has 0 rings (SSSR count). The van der Waals surface area contributed by atoms with Crippen molar-refractivity contribution in [3.8, 4) is 0 Å². The highest BCUT2D eigenvalue weighted by atomic mass is 31.2. The number of nitrogens with zero attached hydrogens (tertiary/aromatic N) is 1. The van der Waals surface area contributed by atoms with E-state index >= 15 is 0 Å². The fourth-order valence-corrected chi connectivity index (χ4v) is 10.8. The second kappa shape index (κ2) is 60.8. The lowest BCUT2D eigenvalue weighted by atomic mass is 10.0. The molecule has 0 aromatic heterocycles. The van der Waals surface area contributed by atoms with E-state index in [1.54, 1.807) is 0 Å². The zero-order valence-corrected chi connectivity index (χ0v) is 55.1. The van der Waals surface area contributed by atoms with Crippen molar-refractivity contribution in [1.82, 2.24) is 5.32 Å². The van der Waals surface area contributed by atoms with Gasteiger partial charge in [-0.05, 0) is 96.0 Å². The van der Waals surface area contributed by atoms with Gasteiger partial charge in [0.1, 0.15) is 19.3 Å². The summed E-state index contributed by atoms with van der Waals surface area (Å²) in [5.74, 6) is -0.546. The van der Waals surface area contributed by atoms with E-state index in [1.807, 2.05) is 33.3 Å². The van der Waals surface area contributed by atoms with Crippen molar-refractivity contribution in [3.63, 3.8) is 0 Å². The maximum atomic E-state index is 13.6. The average molecular weight is 1160 g/mol. The molecule has 0 aliphatic heterocycles. The van der Waals surface area contributed by atoms with E-state index in [9.17, 15) is 19.0 Å². The summed E-state index contributed by atoms with van der Waals surface area (Å²) in [5, 5.41) is 3.03. The van der Waals surface area contributed by atoms with Gasteiger partial charge in [0.05, 0.1) is 33.8 Å². The predicted molar refractivity (Wildman–Crippen MR) is 349 cm³/mol. The van der Waals surface area contributed by atoms with Crippen LogP contribution in [0.15, 0.2) is 60.8 Å². The van der Waals surface area contributed by atoms with Gasteiger partial charge in [-0.15, -0.1) is 0 Å². The fourth-order valence-electron chi connectivity index (χ4n) is 10.1. The number of likely N-dealkylation sites (N-methyl/N-ethyl adjacent to an activating group) is 1. The number of rotatable bonds is 63. The van der Waals surface area contributed by atoms with Crippen LogP contribution in [-0.4, -0.2) is 69.4 Å². The normalized spacial score (nSPS) is 13.9. The number of amides is 1. The molecule has 81 heavy (non-hydrogen) atoms. The molecule has 0 bridgehead atoms. The number of esters is 1. The number of carbonyl (C=O) groups is 2. The molecule has 0 saturated heterocycles. The highest BCUT2D eigenvalue weighted by Crippen LogP contribution is 2.38. The largest absolute Gasteiger partial charge is 0.756 e. The Kier molecular flexibility index (Phi) is 59.1. The molecular formula is C71H133N2O7P. The van der Waals surface area contributed by atoms with E-state index in [4.69, 9.17) is 13.8 Å². The van der Waals surface area contributed by atoms with Crippen LogP contribution in [0.4, 0.5) is 0 Å². The lowest BCUT2D eigenvalue weighted by Crippen LogP contribution is -2.47. The maximum absolute atomic E-state index is 13.6. The summed E-state index contributed by atoms with van der Waals surface area (Å²) in [6.07, 6.45) is 77.7. The standard InChI is InChI=1S/C71H133N2O7P/c1-7-10-13-16-19-22-25-27-29-31-33-34-35-36-37-38-40-42-44-46-49-52-55-58-61-64-71(75)80-69(62-59-56-53-50-47-24-21-18-15-12-9-3)68(67-79-81(76,77)78-66-65-73(4,5)6)72-70(74)63-60-57-54-51-48-45-43-41-39-32-30-28-26-23-20-17-14-11-8-2/h20,23,27-30,39,41,59,62,68-69H,7-19,21-22,24-26,31-38,40,42-58,60-61,63-67H2,1-6H3,(H-,72,74,76,77)/b23-20-,29-27+,30-28-,41-39-,62-59-. The zero-order valence-electron chi connectivity index (χ0n) is 54.2. The number of unbranched alkanes of at least 4 members (excludes halogenated alkanes) is 39. The van der Waals surface area contributed by atoms with Crippen molar-refractivity contribution in [1.29, 1.82) is 0 Å². The Hall–Kier alpha value is -2.29. The van der Waals surface area contributed by atoms with Gasteiger partial charge in [0.25, 0.3) is 7.82 Å². The first-order chi connectivity index (χ1) is 39.4. The highest BCUT2D eigenvalue weighted by molar-refractivity contribution is 7.45. The van der Waals surface area contributed by atoms with Crippen molar-refractivity contribution in [3.05, 3.63) is 60.8 Å². The van der Waals surface area contributed by atoms with E-state index in [-0.39, 0.29) is 24.9 Å². The van der Waals surface area contributed by atoms with Crippen LogP contribution < -0.4 is 10.2 Å². The Balaban J connectivity index is 5.05. The Morgan fingerprint density at radius 3 is 1.16 bits per heavy atom. The molecule has 0 aliphatic rings. The van der Waals surface area contributed by atoms with Gasteiger partial charge in [-0.1, -0.05) is 281 Å². The first kappa shape index (κ1) is 78.7. The van der Waals surface area contributed by atoms with Gasteiger partial charge in [-0.3, -0.25) is 14.2 Å². The molecule has 0 aromatic carbocycles. The lowest BCUT2D eigenvalue weighted by molar-refractivity contribution is -0.870. The number of carbonyl (C=O) groups excluding carboxylic acids is 2. The molecule has 3 atom stereocenters. The number of quaternary nitrogens is 1. The summed E-state index contributed by atoms with van der Waals surface area (Å²) in [6.45, 7) is 6.83. The molecular weight excluding hydrogens is 1020 g/mol. The fraction of sp³-hybridized carbons (Fsp3) is 0.831. The van der Waals surface area contributed by atoms with Gasteiger partial charge >= 0.3 is 5.97 Å². The SMILES string of the molecule is CCCCC/C=C\C/C=C\C/C=C\CCCCCCCCC(=O)NC(COP(=O)([O-])OCC[N+](C)(C)C)C(/C=C\CCCCCCCCCCC)OC(=O)CCCCCCCCCCCCCCCCC/C=C/CCCCCCCC. The molecule has 0 saturated carbocycles. The van der Waals surface area contributed by atoms with E-state index in [0.717, 1.165) is 96.3 Å². The third-order valence-electron chi connectivity index (χ3n) is 15.4. The highest BCUT2D eigenvalue weighted by Gasteiger charge is 2.27. The van der Waals surface area contributed by atoms with Gasteiger partial charge in [0, 0.05) is 12.8 Å². The van der Waals surface area contributed by atoms with Gasteiger partial charge in [-0.2, -0.15) is 0 Å². The molecule has 1 N–H and O–H groups in total. The van der Waals surface area contributed by atoms with Crippen LogP contribution in [0.1, 0.15) is 329 Å². The van der Waals surface area contributed by atoms with Crippen molar-refractivity contribution in [2.75, 3.05) is 40.9 Å². The Morgan fingerprint density at radius 1 is 0.432 bits per heavy atom. The molecule has 1 amide bonds. The summed E-state index contributed by atoms with van der Waals surface area (Å²) < 4.78 is 30.4. The van der Waals surface area contributed by atoms with E-state index in [1.165, 1.54) is 199 Å². The Morgan fingerprint density at radius 2 is 0.753 bits per heavy atom. The summed E-state index contributed by atoms with van der Waals surface area (Å²) in [4.78, 5) is 40.1. The number of nitrogens with one attached hydrogen (secondary N) is 1. The number of phosphoric acid groups is 1. The number of allylic oxidation sites excluding steroid dienone is 9. The van der Waals surface area contributed by atoms with E-state index in [0.29, 0.717) is 17.4 Å². The zero-order chi connectivity index (χ0) is 59.3. The molecule has 9 nitrogen and oxygen atoms in total. The maximum Gasteiger partial charge on any atom is 0.306 e. The summed E-state index contributed by atoms with van der Waals surface area (Å²) >= 11 is 0. The number of hydrogen-bond acceptors (Lipinski definition) is 7. The number of hydrogen-bond donors (Lipinski definition) is 1. The monoisotopic (exact) mass is 1160 g/mol. The molecule has 0 heterocycles. The second-order valence-corrected chi connectivity index (χ2v) is 26.1. The predicted octanol–water partition coefficient (Wildman–Crippen LogP) is 21.2. The molecule has 10 heteroatoms. The summed E-state index contributed by atoms with van der Waals surface area (Å²) in [6, 6.07) is -0.896. The second-order valence-electron chi connectivity index (χ2n) is 24.7. The molecule has 0 spiro atoms. The number of phosphoric ester groups is 1. The van der Waals surface area contributed by atoms with Crippen LogP contribution in [0.2, 0.25) is 0 Å². The first-order valence-corrected chi connectivity index (χ1v) is 36.1. The lowest BCUT2D eigenvalue weighted by Gasteiger charge is -2.30. The van der Waals surface area contributed by atoms with Gasteiger partial charge in [-0.25, -0.2) is 0 Å².